The van der Waals surface area contributed by atoms with Crippen molar-refractivity contribution in [1.29, 1.82) is 0 Å². The average molecular weight is 1530 g/mol. The summed E-state index contributed by atoms with van der Waals surface area (Å²) in [6.07, 6.45) is -57.9. The highest BCUT2D eigenvalue weighted by atomic mass is 16.8. The Morgan fingerprint density at radius 2 is 0.821 bits per heavy atom. The van der Waals surface area contributed by atoms with Crippen LogP contribution in [0.25, 0.3) is 0 Å². The highest BCUT2D eigenvalue weighted by molar-refractivity contribution is 5.28. The molecule has 21 N–H and O–H groups in total. The van der Waals surface area contributed by atoms with Crippen molar-refractivity contribution >= 4 is 0 Å². The van der Waals surface area contributed by atoms with Gasteiger partial charge in [0.05, 0.1) is 70.7 Å². The molecule has 8 heterocycles. The van der Waals surface area contributed by atoms with E-state index in [0.717, 1.165) is 44.9 Å². The fourth-order valence-electron chi connectivity index (χ4n) is 21.9. The second-order valence-corrected chi connectivity index (χ2v) is 34.6. The summed E-state index contributed by atoms with van der Waals surface area (Å²) in [6, 6.07) is 0. The minimum Gasteiger partial charge on any atom is -0.394 e. The molecule has 36 heteroatoms. The summed E-state index contributed by atoms with van der Waals surface area (Å²) in [6.45, 7) is 10.4. The summed E-state index contributed by atoms with van der Waals surface area (Å²) in [4.78, 5) is 0. The molecular weight excluding hydrogens is 1420 g/mol. The van der Waals surface area contributed by atoms with Gasteiger partial charge in [0.25, 0.3) is 0 Å². The molecule has 0 aromatic heterocycles. The van der Waals surface area contributed by atoms with Crippen molar-refractivity contribution in [3.8, 4) is 0 Å². The Kier molecular flexibility index (Phi) is 24.1. The Morgan fingerprint density at radius 1 is 0.349 bits per heavy atom. The van der Waals surface area contributed by atoms with Crippen LogP contribution < -0.4 is 0 Å². The molecule has 13 fully saturated rings. The maximum atomic E-state index is 13.0. The van der Waals surface area contributed by atoms with Crippen LogP contribution in [0.1, 0.15) is 113 Å². The second-order valence-electron chi connectivity index (χ2n) is 34.6. The van der Waals surface area contributed by atoms with E-state index in [4.69, 9.17) is 71.1 Å². The van der Waals surface area contributed by atoms with Gasteiger partial charge >= 0.3 is 0 Å². The van der Waals surface area contributed by atoms with Gasteiger partial charge in [0, 0.05) is 10.8 Å². The predicted molar refractivity (Wildman–Crippen MR) is 348 cm³/mol. The molecule has 612 valence electrons. The number of hydrogen-bond donors (Lipinski definition) is 21. The largest absolute Gasteiger partial charge is 0.394 e. The van der Waals surface area contributed by atoms with E-state index < -0.39 is 272 Å². The van der Waals surface area contributed by atoms with Gasteiger partial charge in [-0.2, -0.15) is 0 Å². The fraction of sp³-hybridized carbons (Fsp3) is 1.00. The van der Waals surface area contributed by atoms with Crippen LogP contribution in [0.2, 0.25) is 0 Å². The first-order chi connectivity index (χ1) is 49.9. The van der Waals surface area contributed by atoms with E-state index in [-0.39, 0.29) is 44.8 Å². The standard InChI is InChI=1S/C70H116O36/c1-64(2)14-15-69-25-94-70(35(69)16-64)13-9-34-66(5)11-10-37(65(3,4)33(66)8-12-67(34,6)68(70,7)17-36(69)77)101-62-55(105-60-50(90)46(86)41(81)29(20-73)97-60)43(83)32(24-93-62)100-63-56(106-57-47(87)38(78)26(76)23-92-57)53(42(82)30(21-74)98-63)103-61-51(91)54(104-59-49(89)45(85)40(80)28(19-72)96-59)52(31(22-75)99-61)102-58-48(88)44(84)39(79)27(18-71)95-58/h26-63,71-91H,8-25H2,1-7H3/t26-,27+,28+,29+,30+,31+,32-,33-,34+,35+,36+,37-,38+,39-,40-,41-,42+,43-,44-,45-,46-,47+,48+,49+,50+,51+,52+,53-,54+,55+,56+,57-,58-,59-,60-,61-,62-,63-,66+,67+,68-,69+,70-/m0/s1. The van der Waals surface area contributed by atoms with Crippen LogP contribution >= 0.6 is 0 Å². The molecule has 36 nitrogen and oxygen atoms in total. The summed E-state index contributed by atoms with van der Waals surface area (Å²) in [5, 5.41) is 234. The highest BCUT2D eigenvalue weighted by Gasteiger charge is 2.80. The molecule has 0 aromatic carbocycles. The van der Waals surface area contributed by atoms with E-state index in [1.165, 1.54) is 0 Å². The minimum absolute atomic E-state index is 0.0396. The Balaban J connectivity index is 0.792. The zero-order valence-electron chi connectivity index (χ0n) is 60.7. The van der Waals surface area contributed by atoms with Gasteiger partial charge in [-0.1, -0.05) is 48.5 Å². The number of ether oxygens (including phenoxy) is 15. The average Bonchev–Trinajstić information content (AvgIpc) is 1.34. The van der Waals surface area contributed by atoms with Crippen molar-refractivity contribution < 1.29 is 178 Å². The first-order valence-corrected chi connectivity index (χ1v) is 37.6. The van der Waals surface area contributed by atoms with E-state index in [1.54, 1.807) is 0 Å². The Bertz CT molecular complexity index is 2940. The number of aliphatic hydroxyl groups is 21. The Hall–Kier alpha value is -1.44. The van der Waals surface area contributed by atoms with Crippen LogP contribution in [0.4, 0.5) is 0 Å². The second kappa shape index (κ2) is 31.0. The molecule has 106 heavy (non-hydrogen) atoms. The van der Waals surface area contributed by atoms with Crippen LogP contribution in [0, 0.1) is 50.2 Å². The monoisotopic (exact) mass is 1530 g/mol. The van der Waals surface area contributed by atoms with Gasteiger partial charge in [-0.3, -0.25) is 0 Å². The lowest BCUT2D eigenvalue weighted by Gasteiger charge is -2.75. The summed E-state index contributed by atoms with van der Waals surface area (Å²) in [5.41, 5.74) is -2.03. The third kappa shape index (κ3) is 13.6. The molecule has 8 saturated heterocycles. The molecule has 0 amide bonds. The minimum atomic E-state index is -2.40. The van der Waals surface area contributed by atoms with E-state index in [1.807, 2.05) is 0 Å². The van der Waals surface area contributed by atoms with Crippen molar-refractivity contribution in [2.75, 3.05) is 52.9 Å². The zero-order valence-corrected chi connectivity index (χ0v) is 60.7. The number of hydrogen-bond acceptors (Lipinski definition) is 36. The molecule has 13 aliphatic rings. The normalized spacial score (nSPS) is 56.5. The molecule has 0 unspecified atom stereocenters. The van der Waals surface area contributed by atoms with E-state index >= 15 is 0 Å². The van der Waals surface area contributed by atoms with Gasteiger partial charge < -0.3 is 178 Å². The Morgan fingerprint density at radius 3 is 1.39 bits per heavy atom. The molecule has 0 radical (unpaired) electrons. The quantitative estimate of drug-likeness (QED) is 0.0534. The van der Waals surface area contributed by atoms with Gasteiger partial charge in [-0.25, -0.2) is 0 Å². The zero-order chi connectivity index (χ0) is 76.8. The summed E-state index contributed by atoms with van der Waals surface area (Å²) in [5.74, 6) is 0.475. The molecule has 0 aromatic rings. The van der Waals surface area contributed by atoms with Crippen LogP contribution in [0.15, 0.2) is 0 Å². The van der Waals surface area contributed by atoms with E-state index in [0.29, 0.717) is 25.9 Å². The van der Waals surface area contributed by atoms with Gasteiger partial charge in [0.15, 0.2) is 44.0 Å². The molecular formula is C70H116O36. The topological polar surface area (TPSA) is 563 Å². The predicted octanol–water partition coefficient (Wildman–Crippen LogP) is -7.60. The highest BCUT2D eigenvalue weighted by Crippen LogP contribution is 2.81. The smallest absolute Gasteiger partial charge is 0.187 e. The third-order valence-electron chi connectivity index (χ3n) is 28.2. The van der Waals surface area contributed by atoms with Gasteiger partial charge in [0.2, 0.25) is 0 Å². The molecule has 8 aliphatic heterocycles. The number of fused-ring (bicyclic) bond motifs is 4. The van der Waals surface area contributed by atoms with Gasteiger partial charge in [0.1, 0.15) is 159 Å². The summed E-state index contributed by atoms with van der Waals surface area (Å²) >= 11 is 0. The van der Waals surface area contributed by atoms with Gasteiger partial charge in [-0.05, 0) is 104 Å². The first-order valence-electron chi connectivity index (χ1n) is 37.6. The van der Waals surface area contributed by atoms with E-state index in [9.17, 15) is 107 Å². The van der Waals surface area contributed by atoms with Crippen molar-refractivity contribution in [3.63, 3.8) is 0 Å². The molecule has 2 bridgehead atoms. The lowest BCUT2D eigenvalue weighted by molar-refractivity contribution is -0.414. The number of rotatable bonds is 19. The fourth-order valence-corrected chi connectivity index (χ4v) is 21.9. The van der Waals surface area contributed by atoms with Crippen molar-refractivity contribution in [3.05, 3.63) is 0 Å². The lowest BCUT2D eigenvalue weighted by Crippen LogP contribution is -2.74. The van der Waals surface area contributed by atoms with Gasteiger partial charge in [-0.15, -0.1) is 0 Å². The van der Waals surface area contributed by atoms with Crippen LogP contribution in [0.5, 0.6) is 0 Å². The maximum Gasteiger partial charge on any atom is 0.187 e. The Labute approximate surface area is 612 Å². The van der Waals surface area contributed by atoms with Crippen LogP contribution in [-0.4, -0.2) is 381 Å². The summed E-state index contributed by atoms with van der Waals surface area (Å²) in [7, 11) is 0. The van der Waals surface area contributed by atoms with Crippen molar-refractivity contribution in [2.24, 2.45) is 50.2 Å². The van der Waals surface area contributed by atoms with Crippen LogP contribution in [-0.2, 0) is 71.1 Å². The molecule has 5 saturated carbocycles. The number of aliphatic hydroxyl groups excluding tert-OH is 21. The molecule has 5 aliphatic carbocycles. The molecule has 13 rings (SSSR count). The maximum absolute atomic E-state index is 13.0. The third-order valence-corrected chi connectivity index (χ3v) is 28.2. The SMILES string of the molecule is CC1(C)CC[C@]23CO[C@@]4(CC[C@@H]5[C@]6(C)CC[C@H](O[C@@H]7OC[C@H](O[C@@H]8O[C@H](CO)[C@@H](O)[C@H](O[C@@H]9O[C@H](CO)[C@@H](O[C@@H]%10O[C@H](CO)[C@H](O)[C@H](O)[C@H]%10O)[C@H](O[C@@H]%10O[C@H](CO)[C@H](O)[C@H](O)[C@H]%10O)[C@H]9O)[C@H]8O[C@@H]8OC[C@H](O)[C@@H](O)[C@H]8O)[C@H](O)[C@H]7O[C@@H]7O[C@H](CO)[C@H](O)[C@H](O)[C@H]7O)C(C)(C)[C@@H]6CC[C@@]5(C)[C@]4(C)C[C@H]2O)[C@@H]3C1. The van der Waals surface area contributed by atoms with Crippen molar-refractivity contribution in [1.82, 2.24) is 0 Å². The van der Waals surface area contributed by atoms with Crippen molar-refractivity contribution in [2.45, 2.75) is 333 Å². The lowest BCUT2D eigenvalue weighted by atomic mass is 9.30. The molecule has 1 spiro atoms. The first kappa shape index (κ1) is 82.5. The molecule has 43 atom stereocenters. The van der Waals surface area contributed by atoms with Crippen LogP contribution in [0.3, 0.4) is 0 Å². The van der Waals surface area contributed by atoms with E-state index in [2.05, 4.69) is 48.5 Å². The summed E-state index contributed by atoms with van der Waals surface area (Å²) < 4.78 is 93.7.